The fourth-order valence-corrected chi connectivity index (χ4v) is 2.10. The first-order valence-electron chi connectivity index (χ1n) is 4.99. The normalized spacial score (nSPS) is 43.6. The zero-order valence-corrected chi connectivity index (χ0v) is 9.16. The number of ether oxygens (including phenoxy) is 1. The number of aliphatic hydroxyl groups excluding tert-OH is 2. The van der Waals surface area contributed by atoms with E-state index in [2.05, 4.69) is 6.58 Å². The van der Waals surface area contributed by atoms with E-state index in [1.165, 1.54) is 0 Å². The van der Waals surface area contributed by atoms with Crippen LogP contribution in [0.25, 0.3) is 0 Å². The first-order chi connectivity index (χ1) is 6.42. The summed E-state index contributed by atoms with van der Waals surface area (Å²) in [6, 6.07) is 0. The van der Waals surface area contributed by atoms with Gasteiger partial charge in [-0.25, -0.2) is 0 Å². The monoisotopic (exact) mass is 200 g/mol. The molecule has 3 heteroatoms. The lowest BCUT2D eigenvalue weighted by atomic mass is 9.73. The molecule has 82 valence electrons. The topological polar surface area (TPSA) is 49.7 Å². The smallest absolute Gasteiger partial charge is 0.109 e. The van der Waals surface area contributed by atoms with Crippen LogP contribution in [0.3, 0.4) is 0 Å². The lowest BCUT2D eigenvalue weighted by Crippen LogP contribution is -2.55. The van der Waals surface area contributed by atoms with E-state index in [0.29, 0.717) is 0 Å². The lowest BCUT2D eigenvalue weighted by Gasteiger charge is -2.44. The molecule has 0 amide bonds. The average molecular weight is 200 g/mol. The van der Waals surface area contributed by atoms with Gasteiger partial charge in [0.05, 0.1) is 11.7 Å². The van der Waals surface area contributed by atoms with Gasteiger partial charge in [-0.15, -0.1) is 0 Å². The van der Waals surface area contributed by atoms with Crippen LogP contribution in [0.2, 0.25) is 0 Å². The largest absolute Gasteiger partial charge is 0.390 e. The average Bonchev–Trinajstić information content (AvgIpc) is 2.14. The molecule has 1 aliphatic rings. The van der Waals surface area contributed by atoms with Crippen molar-refractivity contribution < 1.29 is 14.9 Å². The van der Waals surface area contributed by atoms with Crippen LogP contribution in [-0.4, -0.2) is 35.1 Å². The van der Waals surface area contributed by atoms with Crippen LogP contribution >= 0.6 is 0 Å². The van der Waals surface area contributed by atoms with Gasteiger partial charge in [0.2, 0.25) is 0 Å². The van der Waals surface area contributed by atoms with E-state index in [4.69, 9.17) is 4.74 Å². The summed E-state index contributed by atoms with van der Waals surface area (Å²) in [4.78, 5) is 0. The van der Waals surface area contributed by atoms with Crippen LogP contribution in [0.4, 0.5) is 0 Å². The van der Waals surface area contributed by atoms with Crippen LogP contribution < -0.4 is 0 Å². The fraction of sp³-hybridized carbons (Fsp3) is 0.818. The number of hydrogen-bond acceptors (Lipinski definition) is 3. The molecule has 0 saturated heterocycles. The van der Waals surface area contributed by atoms with E-state index in [1.54, 1.807) is 7.11 Å². The summed E-state index contributed by atoms with van der Waals surface area (Å²) >= 11 is 0. The molecule has 0 aromatic carbocycles. The molecule has 1 rings (SSSR count). The van der Waals surface area contributed by atoms with Gasteiger partial charge in [0.1, 0.15) is 6.10 Å². The van der Waals surface area contributed by atoms with E-state index >= 15 is 0 Å². The van der Waals surface area contributed by atoms with Crippen LogP contribution in [0, 0.1) is 5.92 Å². The van der Waals surface area contributed by atoms with Crippen molar-refractivity contribution >= 4 is 0 Å². The molecule has 0 aromatic rings. The molecule has 4 unspecified atom stereocenters. The minimum absolute atomic E-state index is 0.00627. The zero-order chi connectivity index (χ0) is 10.9. The van der Waals surface area contributed by atoms with Gasteiger partial charge in [0.25, 0.3) is 0 Å². The first-order valence-corrected chi connectivity index (χ1v) is 4.99. The van der Waals surface area contributed by atoms with Crippen molar-refractivity contribution in [1.29, 1.82) is 0 Å². The van der Waals surface area contributed by atoms with Gasteiger partial charge < -0.3 is 14.9 Å². The van der Waals surface area contributed by atoms with Crippen molar-refractivity contribution in [2.75, 3.05) is 7.11 Å². The van der Waals surface area contributed by atoms with Crippen molar-refractivity contribution in [3.63, 3.8) is 0 Å². The highest BCUT2D eigenvalue weighted by Gasteiger charge is 2.45. The van der Waals surface area contributed by atoms with E-state index in [1.807, 2.05) is 13.8 Å². The molecule has 0 heterocycles. The lowest BCUT2D eigenvalue weighted by molar-refractivity contribution is -0.169. The van der Waals surface area contributed by atoms with Crippen LogP contribution in [-0.2, 0) is 4.74 Å². The summed E-state index contributed by atoms with van der Waals surface area (Å²) in [5.41, 5.74) is 0.306. The van der Waals surface area contributed by atoms with Gasteiger partial charge >= 0.3 is 0 Å². The minimum atomic E-state index is -0.831. The predicted octanol–water partition coefficient (Wildman–Crippen LogP) is 1.10. The third-order valence-electron chi connectivity index (χ3n) is 3.41. The molecule has 0 spiro atoms. The molecule has 0 bridgehead atoms. The number of hydrogen-bond donors (Lipinski definition) is 2. The van der Waals surface area contributed by atoms with Crippen LogP contribution in [0.15, 0.2) is 12.2 Å². The minimum Gasteiger partial charge on any atom is -0.390 e. The Kier molecular flexibility index (Phi) is 3.35. The highest BCUT2D eigenvalue weighted by molar-refractivity contribution is 5.08. The molecule has 0 aromatic heterocycles. The maximum atomic E-state index is 9.90. The predicted molar refractivity (Wildman–Crippen MR) is 55.0 cm³/mol. The first kappa shape index (κ1) is 11.7. The summed E-state index contributed by atoms with van der Waals surface area (Å²) in [7, 11) is 1.57. The van der Waals surface area contributed by atoms with Gasteiger partial charge in [0, 0.05) is 13.0 Å². The van der Waals surface area contributed by atoms with E-state index in [-0.39, 0.29) is 5.92 Å². The van der Waals surface area contributed by atoms with Gasteiger partial charge in [-0.1, -0.05) is 12.2 Å². The highest BCUT2D eigenvalue weighted by atomic mass is 16.5. The number of rotatable bonds is 2. The maximum Gasteiger partial charge on any atom is 0.109 e. The Morgan fingerprint density at radius 2 is 2.07 bits per heavy atom. The van der Waals surface area contributed by atoms with Gasteiger partial charge in [0.15, 0.2) is 0 Å². The number of aliphatic hydroxyl groups is 2. The number of methoxy groups -OCH3 is 1. The third kappa shape index (κ3) is 1.85. The molecule has 14 heavy (non-hydrogen) atoms. The summed E-state index contributed by atoms with van der Waals surface area (Å²) in [5.74, 6) is -0.00627. The Bertz CT molecular complexity index is 227. The molecule has 4 atom stereocenters. The van der Waals surface area contributed by atoms with E-state index in [0.717, 1.165) is 18.4 Å². The maximum absolute atomic E-state index is 9.90. The van der Waals surface area contributed by atoms with Crippen LogP contribution in [0.5, 0.6) is 0 Å². The van der Waals surface area contributed by atoms with Crippen molar-refractivity contribution in [3.05, 3.63) is 12.2 Å². The quantitative estimate of drug-likeness (QED) is 0.656. The molecule has 1 aliphatic carbocycles. The highest BCUT2D eigenvalue weighted by Crippen LogP contribution is 2.37. The van der Waals surface area contributed by atoms with Crippen molar-refractivity contribution in [3.8, 4) is 0 Å². The molecule has 0 aliphatic heterocycles. The molecular weight excluding hydrogens is 180 g/mol. The van der Waals surface area contributed by atoms with Crippen molar-refractivity contribution in [2.45, 2.75) is 44.5 Å². The molecular formula is C11H20O3. The Morgan fingerprint density at radius 3 is 2.50 bits per heavy atom. The van der Waals surface area contributed by atoms with Gasteiger partial charge in [-0.2, -0.15) is 0 Å². The second-order valence-electron chi connectivity index (χ2n) is 4.44. The molecule has 2 N–H and O–H groups in total. The Balaban J connectivity index is 2.79. The molecule has 1 fully saturated rings. The Morgan fingerprint density at radius 1 is 1.50 bits per heavy atom. The Labute approximate surface area is 85.4 Å². The molecule has 1 saturated carbocycles. The summed E-state index contributed by atoms with van der Waals surface area (Å²) in [6.45, 7) is 7.54. The van der Waals surface area contributed by atoms with Gasteiger partial charge in [-0.05, 0) is 26.7 Å². The standard InChI is InChI=1S/C11H20O3/c1-7(2)8-5-6-11(3,14-4)10(13)9(8)12/h8-10,12-13H,1,5-6H2,2-4H3. The van der Waals surface area contributed by atoms with Crippen LogP contribution in [0.1, 0.15) is 26.7 Å². The molecule has 3 nitrogen and oxygen atoms in total. The van der Waals surface area contributed by atoms with E-state index in [9.17, 15) is 10.2 Å². The Hall–Kier alpha value is -0.380. The third-order valence-corrected chi connectivity index (χ3v) is 3.41. The summed E-state index contributed by atoms with van der Waals surface area (Å²) in [6.07, 6.45) is -0.0221. The SMILES string of the molecule is C=C(C)C1CCC(C)(OC)C(O)C1O. The van der Waals surface area contributed by atoms with E-state index < -0.39 is 17.8 Å². The zero-order valence-electron chi connectivity index (χ0n) is 9.16. The summed E-state index contributed by atoms with van der Waals surface area (Å²) in [5, 5.41) is 19.8. The summed E-state index contributed by atoms with van der Waals surface area (Å²) < 4.78 is 5.25. The van der Waals surface area contributed by atoms with Crippen molar-refractivity contribution in [2.24, 2.45) is 5.92 Å². The second-order valence-corrected chi connectivity index (χ2v) is 4.44. The van der Waals surface area contributed by atoms with Gasteiger partial charge in [-0.3, -0.25) is 0 Å². The fourth-order valence-electron chi connectivity index (χ4n) is 2.10. The second kappa shape index (κ2) is 4.01. The van der Waals surface area contributed by atoms with Crippen molar-refractivity contribution in [1.82, 2.24) is 0 Å². The molecule has 0 radical (unpaired) electrons.